The molecule has 1 amide bonds. The molecule has 1 aromatic heterocycles. The highest BCUT2D eigenvalue weighted by Gasteiger charge is 2.18. The molecular weight excluding hydrogens is 505 g/mol. The molecule has 10 heteroatoms. The number of benzene rings is 3. The summed E-state index contributed by atoms with van der Waals surface area (Å²) < 4.78 is 11.4. The minimum absolute atomic E-state index is 0.0866. The predicted molar refractivity (Wildman–Crippen MR) is 135 cm³/mol. The SMILES string of the molecule is CC(Oc1ccc(Cl)cc1Cl)C(=O)NC(=S)Nc1ccc(Cl)c(-c2nc3ccccc3o2)c1. The first-order valence-electron chi connectivity index (χ1n) is 9.69. The van der Waals surface area contributed by atoms with Crippen molar-refractivity contribution in [3.63, 3.8) is 0 Å². The van der Waals surface area contributed by atoms with Crippen molar-refractivity contribution in [1.29, 1.82) is 0 Å². The number of hydrogen-bond acceptors (Lipinski definition) is 5. The third kappa shape index (κ3) is 5.57. The molecule has 168 valence electrons. The van der Waals surface area contributed by atoms with Crippen LogP contribution in [-0.2, 0) is 4.79 Å². The van der Waals surface area contributed by atoms with E-state index in [0.29, 0.717) is 43.5 Å². The number of ether oxygens (including phenoxy) is 1. The number of nitrogens with one attached hydrogen (secondary N) is 2. The Morgan fingerprint density at radius 2 is 1.85 bits per heavy atom. The molecule has 0 aliphatic rings. The van der Waals surface area contributed by atoms with Crippen LogP contribution in [0.15, 0.2) is 65.1 Å². The lowest BCUT2D eigenvalue weighted by molar-refractivity contribution is -0.125. The standard InChI is InChI=1S/C23H16Cl3N3O3S/c1-12(31-19-9-6-13(24)10-17(19)26)21(30)29-23(33)27-14-7-8-16(25)15(11-14)22-28-18-4-2-3-5-20(18)32-22/h2-12H,1H3,(H2,27,29,30,33). The predicted octanol–water partition coefficient (Wildman–Crippen LogP) is 6.74. The van der Waals surface area contributed by atoms with E-state index in [2.05, 4.69) is 15.6 Å². The summed E-state index contributed by atoms with van der Waals surface area (Å²) >= 11 is 23.6. The number of nitrogens with zero attached hydrogens (tertiary/aromatic N) is 1. The van der Waals surface area contributed by atoms with E-state index in [9.17, 15) is 4.79 Å². The van der Waals surface area contributed by atoms with E-state index in [1.807, 2.05) is 24.3 Å². The van der Waals surface area contributed by atoms with Gasteiger partial charge in [0, 0.05) is 10.7 Å². The van der Waals surface area contributed by atoms with Crippen molar-refractivity contribution in [2.45, 2.75) is 13.0 Å². The molecule has 1 heterocycles. The fourth-order valence-corrected chi connectivity index (χ4v) is 3.81. The lowest BCUT2D eigenvalue weighted by Crippen LogP contribution is -2.42. The molecule has 6 nitrogen and oxygen atoms in total. The number of halogens is 3. The first kappa shape index (κ1) is 23.3. The number of rotatable bonds is 5. The Kier molecular flexibility index (Phi) is 7.05. The van der Waals surface area contributed by atoms with Gasteiger partial charge in [-0.25, -0.2) is 4.98 Å². The van der Waals surface area contributed by atoms with Crippen LogP contribution in [0.1, 0.15) is 6.92 Å². The maximum Gasteiger partial charge on any atom is 0.266 e. The van der Waals surface area contributed by atoms with Crippen LogP contribution in [0.5, 0.6) is 5.75 Å². The number of anilines is 1. The Labute approximate surface area is 209 Å². The summed E-state index contributed by atoms with van der Waals surface area (Å²) in [6, 6.07) is 17.3. The summed E-state index contributed by atoms with van der Waals surface area (Å²) in [6.45, 7) is 1.58. The molecule has 0 bridgehead atoms. The molecule has 0 spiro atoms. The monoisotopic (exact) mass is 519 g/mol. The van der Waals surface area contributed by atoms with Gasteiger partial charge in [-0.1, -0.05) is 46.9 Å². The van der Waals surface area contributed by atoms with Gasteiger partial charge < -0.3 is 14.5 Å². The second kappa shape index (κ2) is 9.97. The molecule has 0 aliphatic heterocycles. The summed E-state index contributed by atoms with van der Waals surface area (Å²) in [5, 5.41) is 6.86. The number of hydrogen-bond donors (Lipinski definition) is 2. The summed E-state index contributed by atoms with van der Waals surface area (Å²) in [5.41, 5.74) is 2.55. The van der Waals surface area contributed by atoms with Crippen molar-refractivity contribution >= 4 is 74.8 Å². The molecule has 0 saturated carbocycles. The van der Waals surface area contributed by atoms with Gasteiger partial charge in [-0.2, -0.15) is 0 Å². The third-order valence-corrected chi connectivity index (χ3v) is 5.62. The van der Waals surface area contributed by atoms with Crippen LogP contribution in [0, 0.1) is 0 Å². The van der Waals surface area contributed by atoms with Gasteiger partial charge >= 0.3 is 0 Å². The van der Waals surface area contributed by atoms with Gasteiger partial charge in [0.05, 0.1) is 15.6 Å². The van der Waals surface area contributed by atoms with E-state index >= 15 is 0 Å². The molecule has 0 saturated heterocycles. The van der Waals surface area contributed by atoms with Crippen LogP contribution in [0.25, 0.3) is 22.6 Å². The van der Waals surface area contributed by atoms with E-state index in [1.54, 1.807) is 37.3 Å². The molecule has 1 atom stereocenters. The van der Waals surface area contributed by atoms with Crippen molar-refractivity contribution in [2.24, 2.45) is 0 Å². The van der Waals surface area contributed by atoms with E-state index in [1.165, 1.54) is 6.07 Å². The van der Waals surface area contributed by atoms with Crippen molar-refractivity contribution in [1.82, 2.24) is 10.3 Å². The molecule has 0 aliphatic carbocycles. The number of thiocarbonyl (C=S) groups is 1. The van der Waals surface area contributed by atoms with Crippen LogP contribution >= 0.6 is 47.0 Å². The largest absolute Gasteiger partial charge is 0.479 e. The number of carbonyl (C=O) groups is 1. The molecule has 33 heavy (non-hydrogen) atoms. The van der Waals surface area contributed by atoms with Gasteiger partial charge in [0.25, 0.3) is 5.91 Å². The Morgan fingerprint density at radius 1 is 1.06 bits per heavy atom. The molecular formula is C23H16Cl3N3O3S. The van der Waals surface area contributed by atoms with Crippen LogP contribution in [-0.4, -0.2) is 22.1 Å². The third-order valence-electron chi connectivity index (χ3n) is 4.55. The first-order chi connectivity index (χ1) is 15.8. The molecule has 2 N–H and O–H groups in total. The van der Waals surface area contributed by atoms with Gasteiger partial charge in [-0.3, -0.25) is 10.1 Å². The van der Waals surface area contributed by atoms with Crippen molar-refractivity contribution in [3.8, 4) is 17.2 Å². The normalized spacial score (nSPS) is 11.8. The summed E-state index contributed by atoms with van der Waals surface area (Å²) in [5.74, 6) is 0.261. The van der Waals surface area contributed by atoms with Crippen LogP contribution in [0.3, 0.4) is 0 Å². The van der Waals surface area contributed by atoms with Crippen molar-refractivity contribution in [3.05, 3.63) is 75.7 Å². The zero-order valence-electron chi connectivity index (χ0n) is 17.1. The van der Waals surface area contributed by atoms with Crippen molar-refractivity contribution < 1.29 is 13.9 Å². The Bertz CT molecular complexity index is 1330. The first-order valence-corrected chi connectivity index (χ1v) is 11.2. The molecule has 3 aromatic carbocycles. The fourth-order valence-electron chi connectivity index (χ4n) is 2.94. The number of oxazole rings is 1. The maximum absolute atomic E-state index is 12.5. The number of carbonyl (C=O) groups excluding carboxylic acids is 1. The van der Waals surface area contributed by atoms with Crippen LogP contribution in [0.4, 0.5) is 5.69 Å². The van der Waals surface area contributed by atoms with Crippen LogP contribution in [0.2, 0.25) is 15.1 Å². The van der Waals surface area contributed by atoms with E-state index in [0.717, 1.165) is 5.52 Å². The second-order valence-corrected chi connectivity index (χ2v) is 8.62. The molecule has 4 aromatic rings. The highest BCUT2D eigenvalue weighted by molar-refractivity contribution is 7.80. The number of para-hydroxylation sites is 2. The second-order valence-electron chi connectivity index (χ2n) is 6.96. The van der Waals surface area contributed by atoms with E-state index in [-0.39, 0.29) is 5.11 Å². The minimum atomic E-state index is -0.857. The zero-order valence-corrected chi connectivity index (χ0v) is 20.1. The summed E-state index contributed by atoms with van der Waals surface area (Å²) in [4.78, 5) is 17.0. The van der Waals surface area contributed by atoms with Gasteiger partial charge in [-0.15, -0.1) is 0 Å². The molecule has 4 rings (SSSR count). The fraction of sp³-hybridized carbons (Fsp3) is 0.0870. The van der Waals surface area contributed by atoms with E-state index in [4.69, 9.17) is 56.2 Å². The molecule has 0 radical (unpaired) electrons. The summed E-state index contributed by atoms with van der Waals surface area (Å²) in [7, 11) is 0. The van der Waals surface area contributed by atoms with Gasteiger partial charge in [0.1, 0.15) is 11.3 Å². The smallest absolute Gasteiger partial charge is 0.266 e. The van der Waals surface area contributed by atoms with Gasteiger partial charge in [0.2, 0.25) is 5.89 Å². The highest BCUT2D eigenvalue weighted by atomic mass is 35.5. The number of aromatic nitrogens is 1. The van der Waals surface area contributed by atoms with E-state index < -0.39 is 12.0 Å². The Balaban J connectivity index is 1.42. The topological polar surface area (TPSA) is 76.4 Å². The average molecular weight is 521 g/mol. The lowest BCUT2D eigenvalue weighted by Gasteiger charge is -2.17. The lowest BCUT2D eigenvalue weighted by atomic mass is 10.2. The van der Waals surface area contributed by atoms with Gasteiger partial charge in [0.15, 0.2) is 16.8 Å². The van der Waals surface area contributed by atoms with Gasteiger partial charge in [-0.05, 0) is 67.7 Å². The highest BCUT2D eigenvalue weighted by Crippen LogP contribution is 2.32. The number of amides is 1. The quantitative estimate of drug-likeness (QED) is 0.284. The zero-order chi connectivity index (χ0) is 23.5. The Morgan fingerprint density at radius 3 is 2.61 bits per heavy atom. The summed E-state index contributed by atoms with van der Waals surface area (Å²) in [6.07, 6.45) is -0.857. The number of fused-ring (bicyclic) bond motifs is 1. The average Bonchev–Trinajstić information content (AvgIpc) is 3.21. The maximum atomic E-state index is 12.5. The molecule has 0 fully saturated rings. The van der Waals surface area contributed by atoms with Crippen molar-refractivity contribution in [2.75, 3.05) is 5.32 Å². The minimum Gasteiger partial charge on any atom is -0.479 e. The van der Waals surface area contributed by atoms with Crippen LogP contribution < -0.4 is 15.4 Å². The Hall–Kier alpha value is -2.84. The molecule has 1 unspecified atom stereocenters.